The number of phenolic OH excluding ortho intramolecular Hbond substituents is 16. The maximum atomic E-state index is 14.5. The number of cyclic esters (lactones) is 1. The van der Waals surface area contributed by atoms with Crippen molar-refractivity contribution in [3.8, 4) is 125 Å². The molecule has 0 amide bonds. The molecule has 2 aromatic heterocycles. The van der Waals surface area contributed by atoms with Crippen LogP contribution in [0.4, 0.5) is 0 Å². The van der Waals surface area contributed by atoms with Crippen molar-refractivity contribution in [2.45, 2.75) is 37.3 Å². The number of fused-ring (bicyclic) bond motifs is 10. The predicted octanol–water partition coefficient (Wildman–Crippen LogP) is 2.32. The monoisotopic (exact) mass is 1070 g/mol. The van der Waals surface area contributed by atoms with Gasteiger partial charge >= 0.3 is 29.2 Å². The van der Waals surface area contributed by atoms with Gasteiger partial charge in [-0.3, -0.25) is 0 Å². The number of carbonyl (C=O) groups excluding carboxylic acids is 3. The summed E-state index contributed by atoms with van der Waals surface area (Å²) in [5.41, 5.74) is -15.8. The zero-order valence-corrected chi connectivity index (χ0v) is 37.6. The lowest BCUT2D eigenvalue weighted by Gasteiger charge is -2.43. The van der Waals surface area contributed by atoms with E-state index in [4.69, 9.17) is 32.5 Å². The molecular weight excluding hydrogens is 1040 g/mol. The highest BCUT2D eigenvalue weighted by Crippen LogP contribution is 2.59. The molecule has 77 heavy (non-hydrogen) atoms. The van der Waals surface area contributed by atoms with Crippen molar-refractivity contribution in [2.24, 2.45) is 0 Å². The van der Waals surface area contributed by atoms with Crippen LogP contribution >= 0.6 is 0 Å². The Morgan fingerprint density at radius 1 is 0.390 bits per heavy atom. The van der Waals surface area contributed by atoms with E-state index in [0.29, 0.717) is 24.3 Å². The Morgan fingerprint density at radius 2 is 0.766 bits per heavy atom. The van der Waals surface area contributed by atoms with Gasteiger partial charge in [0, 0.05) is 44.2 Å². The molecule has 17 N–H and O–H groups in total. The number of benzene rings is 6. The van der Waals surface area contributed by atoms with E-state index in [1.807, 2.05) is 0 Å². The topological polar surface area (TPSA) is 502 Å². The smallest absolute Gasteiger partial charge is 0.345 e. The number of hydrogen-bond donors (Lipinski definition) is 17. The Balaban J connectivity index is 1.20. The maximum absolute atomic E-state index is 14.5. The van der Waals surface area contributed by atoms with E-state index < -0.39 is 253 Å². The molecule has 5 atom stereocenters. The third-order valence-corrected chi connectivity index (χ3v) is 13.3. The summed E-state index contributed by atoms with van der Waals surface area (Å²) >= 11 is 0. The van der Waals surface area contributed by atoms with Crippen molar-refractivity contribution < 1.29 is 134 Å². The summed E-state index contributed by atoms with van der Waals surface area (Å²) in [7, 11) is 0. The normalized spacial score (nSPS) is 19.4. The fraction of sp³-hybridized carbons (Fsp3) is 0.146. The lowest BCUT2D eigenvalue weighted by molar-refractivity contribution is -0.294. The van der Waals surface area contributed by atoms with Gasteiger partial charge in [-0.2, -0.15) is 0 Å². The van der Waals surface area contributed by atoms with Gasteiger partial charge < -0.3 is 119 Å². The van der Waals surface area contributed by atoms with Crippen LogP contribution in [-0.4, -0.2) is 142 Å². The molecule has 0 aliphatic carbocycles. The van der Waals surface area contributed by atoms with E-state index in [-0.39, 0.29) is 0 Å². The van der Waals surface area contributed by atoms with Crippen LogP contribution in [0.15, 0.2) is 42.7 Å². The molecule has 4 unspecified atom stereocenters. The summed E-state index contributed by atoms with van der Waals surface area (Å²) in [6.07, 6.45) is -11.8. The van der Waals surface area contributed by atoms with Gasteiger partial charge in [0.2, 0.25) is 34.5 Å². The second kappa shape index (κ2) is 16.4. The summed E-state index contributed by atoms with van der Waals surface area (Å²) in [6.45, 7) is -2.52. The summed E-state index contributed by atoms with van der Waals surface area (Å²) < 4.78 is 39.4. The van der Waals surface area contributed by atoms with E-state index in [1.54, 1.807) is 0 Å². The Hall–Kier alpha value is -10.7. The van der Waals surface area contributed by atoms with Crippen LogP contribution in [0.5, 0.6) is 92.0 Å². The van der Waals surface area contributed by atoms with Crippen molar-refractivity contribution in [2.75, 3.05) is 6.61 Å². The highest BCUT2D eigenvalue weighted by atomic mass is 16.7. The van der Waals surface area contributed by atoms with E-state index >= 15 is 0 Å². The molecule has 5 heterocycles. The van der Waals surface area contributed by atoms with Crippen LogP contribution in [-0.2, 0) is 30.3 Å². The largest absolute Gasteiger partial charge is 0.504 e. The number of phenols is 16. The number of aromatic hydroxyl groups is 16. The van der Waals surface area contributed by atoms with Gasteiger partial charge in [-0.1, -0.05) is 0 Å². The molecule has 11 rings (SSSR count). The quantitative estimate of drug-likeness (QED) is 0.0340. The molecule has 29 heteroatoms. The van der Waals surface area contributed by atoms with Gasteiger partial charge in [0.25, 0.3) is 0 Å². The summed E-state index contributed by atoms with van der Waals surface area (Å²) in [5, 5.41) is 185. The zero-order chi connectivity index (χ0) is 55.4. The molecule has 29 nitrogen and oxygen atoms in total. The highest BCUT2D eigenvalue weighted by Gasteiger charge is 2.53. The van der Waals surface area contributed by atoms with E-state index in [1.165, 1.54) is 0 Å². The average molecular weight is 1070 g/mol. The first-order valence-corrected chi connectivity index (χ1v) is 21.7. The highest BCUT2D eigenvalue weighted by molar-refractivity contribution is 6.29. The lowest BCUT2D eigenvalue weighted by atomic mass is 9.88. The molecule has 1 saturated heterocycles. The fourth-order valence-electron chi connectivity index (χ4n) is 9.81. The predicted molar refractivity (Wildman–Crippen MR) is 245 cm³/mol. The maximum Gasteiger partial charge on any atom is 0.345 e. The molecule has 8 aromatic rings. The first-order valence-electron chi connectivity index (χ1n) is 21.7. The number of aliphatic hydroxyl groups is 1. The molecule has 0 spiro atoms. The minimum absolute atomic E-state index is 0.411. The standard InChI is InChI=1S/C48H30O29/c49-11-1-7-5-71-38-15(73-48(70)42-41(38)76-44(66)9-3-13(51)27(54)31(58)17(9)18-10(45(67)77-42)4-14(52)28(55)32(18)59)6-72-43(65)8-2-12(50)29(56)33(60)19(8)21-25-23-22-24(46(68)74-40(23)37(64)35(21)62)20(16(7)30(57)26(11)53)34(61)36(63)39(22)75-47(25)69/h1-4,15,38,41-42,48-64,70H,5-6H2/t15-,38?,41?,42?,48?/m1/s1. The number of aliphatic hydroxyl groups excluding tert-OH is 1. The fourth-order valence-corrected chi connectivity index (χ4v) is 9.81. The molecule has 1 fully saturated rings. The molecule has 0 saturated carbocycles. The Kier molecular flexibility index (Phi) is 10.4. The Bertz CT molecular complexity index is 4150. The van der Waals surface area contributed by atoms with Crippen LogP contribution in [0.3, 0.4) is 0 Å². The van der Waals surface area contributed by atoms with Gasteiger partial charge in [-0.05, 0) is 29.8 Å². The lowest BCUT2D eigenvalue weighted by Crippen LogP contribution is -2.62. The third-order valence-electron chi connectivity index (χ3n) is 13.3. The molecule has 6 bridgehead atoms. The first kappa shape index (κ1) is 48.6. The minimum Gasteiger partial charge on any atom is -0.504 e. The third kappa shape index (κ3) is 6.60. The minimum atomic E-state index is -2.58. The van der Waals surface area contributed by atoms with Gasteiger partial charge in [-0.25, -0.2) is 24.0 Å². The van der Waals surface area contributed by atoms with Crippen molar-refractivity contribution in [1.29, 1.82) is 0 Å². The van der Waals surface area contributed by atoms with Crippen LogP contribution < -0.4 is 11.3 Å². The van der Waals surface area contributed by atoms with Crippen LogP contribution in [0, 0.1) is 0 Å². The van der Waals surface area contributed by atoms with E-state index in [0.717, 1.165) is 0 Å². The number of esters is 3. The van der Waals surface area contributed by atoms with Gasteiger partial charge in [0.15, 0.2) is 87.2 Å². The van der Waals surface area contributed by atoms with Crippen molar-refractivity contribution in [3.05, 3.63) is 67.4 Å². The van der Waals surface area contributed by atoms with Crippen molar-refractivity contribution in [3.63, 3.8) is 0 Å². The van der Waals surface area contributed by atoms with Crippen molar-refractivity contribution in [1.82, 2.24) is 0 Å². The second-order valence-electron chi connectivity index (χ2n) is 17.4. The molecule has 3 aliphatic heterocycles. The van der Waals surface area contributed by atoms with Crippen LogP contribution in [0.1, 0.15) is 36.6 Å². The molecule has 6 aromatic carbocycles. The molecule has 0 radical (unpaired) electrons. The number of hydrogen-bond acceptors (Lipinski definition) is 29. The summed E-state index contributed by atoms with van der Waals surface area (Å²) in [5.74, 6) is -27.5. The van der Waals surface area contributed by atoms with Crippen LogP contribution in [0.2, 0.25) is 0 Å². The molecular formula is C48H30O29. The second-order valence-corrected chi connectivity index (χ2v) is 17.4. The summed E-state index contributed by atoms with van der Waals surface area (Å²) in [6, 6.07) is 1.92. The SMILES string of the molecule is O=C1OC2C(O)O[C@@H]3COC(=O)c4cc(O)c(O)c(O)c4-c4c(O)c(O)c5oc(=O)c6c(c(O)c(O)c7oc(=O)c4c5c76)-c4c(cc(O)c(O)c4O)COC3C2OC(=O)c2cc(O)c(O)c(O)c2-c2c1cc(O)c(O)c2O. The zero-order valence-electron chi connectivity index (χ0n) is 37.6. The van der Waals surface area contributed by atoms with E-state index in [9.17, 15) is 111 Å². The van der Waals surface area contributed by atoms with Gasteiger partial charge in [0.05, 0.1) is 34.1 Å². The number of carbonyl (C=O) groups is 3. The number of rotatable bonds is 0. The summed E-state index contributed by atoms with van der Waals surface area (Å²) in [4.78, 5) is 71.6. The Labute approximate surface area is 420 Å². The van der Waals surface area contributed by atoms with Gasteiger partial charge in [-0.15, -0.1) is 0 Å². The molecule has 3 aliphatic rings. The van der Waals surface area contributed by atoms with Crippen molar-refractivity contribution >= 4 is 50.6 Å². The van der Waals surface area contributed by atoms with Crippen LogP contribution in [0.25, 0.3) is 66.1 Å². The average Bonchev–Trinajstić information content (AvgIpc) is 3.47. The molecule has 396 valence electrons. The number of ether oxygens (including phenoxy) is 5. The Morgan fingerprint density at radius 3 is 1.23 bits per heavy atom. The first-order chi connectivity index (χ1) is 36.3. The van der Waals surface area contributed by atoms with Gasteiger partial charge in [0.1, 0.15) is 18.8 Å². The van der Waals surface area contributed by atoms with E-state index in [2.05, 4.69) is 0 Å².